The monoisotopic (exact) mass is 183 g/mol. The number of carboxylic acid groups (broad SMARTS) is 1. The third kappa shape index (κ3) is 2.29. The van der Waals surface area contributed by atoms with Crippen molar-refractivity contribution in [2.45, 2.75) is 13.3 Å². The van der Waals surface area contributed by atoms with Crippen molar-refractivity contribution in [2.75, 3.05) is 5.32 Å². The summed E-state index contributed by atoms with van der Waals surface area (Å²) in [4.78, 5) is 21.2. The third-order valence-corrected chi connectivity index (χ3v) is 1.37. The third-order valence-electron chi connectivity index (χ3n) is 1.37. The van der Waals surface area contributed by atoms with Gasteiger partial charge in [-0.1, -0.05) is 6.92 Å². The molecule has 0 aromatic carbocycles. The maximum Gasteiger partial charge on any atom is 0.432 e. The summed E-state index contributed by atoms with van der Waals surface area (Å²) in [5.74, 6) is 0.0462. The Kier molecular flexibility index (Phi) is 2.63. The number of anilines is 1. The van der Waals surface area contributed by atoms with E-state index in [1.165, 1.54) is 12.3 Å². The van der Waals surface area contributed by atoms with Crippen LogP contribution in [0.3, 0.4) is 0 Å². The first-order valence-corrected chi connectivity index (χ1v) is 3.72. The highest BCUT2D eigenvalue weighted by Gasteiger charge is 2.05. The van der Waals surface area contributed by atoms with Crippen LogP contribution in [-0.4, -0.2) is 26.9 Å². The molecule has 0 bridgehead atoms. The lowest BCUT2D eigenvalue weighted by Crippen LogP contribution is -2.12. The molecule has 0 saturated heterocycles. The van der Waals surface area contributed by atoms with Crippen molar-refractivity contribution < 1.29 is 14.7 Å². The molecule has 6 nitrogen and oxygen atoms in total. The van der Waals surface area contributed by atoms with E-state index in [-0.39, 0.29) is 11.7 Å². The van der Waals surface area contributed by atoms with E-state index in [1.54, 1.807) is 6.92 Å². The van der Waals surface area contributed by atoms with Crippen molar-refractivity contribution in [3.63, 3.8) is 0 Å². The number of amides is 1. The minimum Gasteiger partial charge on any atom is -0.463 e. The number of hydrogen-bond donors (Lipinski definition) is 2. The molecular formula is C7H9N3O3. The van der Waals surface area contributed by atoms with Crippen molar-refractivity contribution in [3.05, 3.63) is 12.3 Å². The molecule has 1 aromatic heterocycles. The van der Waals surface area contributed by atoms with E-state index in [0.717, 1.165) is 4.68 Å². The van der Waals surface area contributed by atoms with Crippen molar-refractivity contribution in [1.82, 2.24) is 9.78 Å². The highest BCUT2D eigenvalue weighted by Crippen LogP contribution is 2.02. The van der Waals surface area contributed by atoms with Gasteiger partial charge in [-0.25, -0.2) is 4.79 Å². The van der Waals surface area contributed by atoms with E-state index in [9.17, 15) is 9.59 Å². The van der Waals surface area contributed by atoms with Crippen molar-refractivity contribution in [2.24, 2.45) is 0 Å². The largest absolute Gasteiger partial charge is 0.463 e. The Hall–Kier alpha value is -1.85. The maximum atomic E-state index is 10.9. The highest BCUT2D eigenvalue weighted by molar-refractivity contribution is 5.89. The summed E-state index contributed by atoms with van der Waals surface area (Å²) in [6.07, 6.45) is 0.407. The Bertz CT molecular complexity index is 331. The van der Waals surface area contributed by atoms with Gasteiger partial charge in [0.15, 0.2) is 5.82 Å². The Morgan fingerprint density at radius 2 is 2.38 bits per heavy atom. The van der Waals surface area contributed by atoms with Crippen LogP contribution >= 0.6 is 0 Å². The second-order valence-electron chi connectivity index (χ2n) is 2.33. The van der Waals surface area contributed by atoms with Crippen LogP contribution in [0.2, 0.25) is 0 Å². The molecule has 0 aliphatic heterocycles. The van der Waals surface area contributed by atoms with Gasteiger partial charge in [0.1, 0.15) is 0 Å². The molecule has 0 aliphatic rings. The summed E-state index contributed by atoms with van der Waals surface area (Å²) in [5, 5.41) is 14.5. The maximum absolute atomic E-state index is 10.9. The van der Waals surface area contributed by atoms with E-state index in [2.05, 4.69) is 10.4 Å². The van der Waals surface area contributed by atoms with Crippen LogP contribution in [0.15, 0.2) is 12.3 Å². The molecule has 1 aromatic rings. The van der Waals surface area contributed by atoms with Gasteiger partial charge in [-0.15, -0.1) is 5.10 Å². The number of nitrogens with one attached hydrogen (secondary N) is 1. The molecule has 0 fully saturated rings. The summed E-state index contributed by atoms with van der Waals surface area (Å²) in [6, 6.07) is 1.42. The van der Waals surface area contributed by atoms with Crippen LogP contribution in [-0.2, 0) is 4.79 Å². The van der Waals surface area contributed by atoms with Gasteiger partial charge in [0.05, 0.1) is 0 Å². The van der Waals surface area contributed by atoms with Crippen LogP contribution in [0.1, 0.15) is 13.3 Å². The number of rotatable bonds is 2. The average molecular weight is 183 g/mol. The lowest BCUT2D eigenvalue weighted by molar-refractivity contribution is -0.115. The van der Waals surface area contributed by atoms with E-state index in [0.29, 0.717) is 6.42 Å². The molecule has 1 amide bonds. The predicted molar refractivity (Wildman–Crippen MR) is 44.6 cm³/mol. The van der Waals surface area contributed by atoms with Crippen molar-refractivity contribution in [3.8, 4) is 0 Å². The first-order chi connectivity index (χ1) is 6.13. The second kappa shape index (κ2) is 3.70. The molecule has 0 atom stereocenters. The summed E-state index contributed by atoms with van der Waals surface area (Å²) < 4.78 is 0.727. The van der Waals surface area contributed by atoms with Gasteiger partial charge in [0, 0.05) is 18.7 Å². The zero-order valence-electron chi connectivity index (χ0n) is 7.02. The average Bonchev–Trinajstić information content (AvgIpc) is 2.52. The smallest absolute Gasteiger partial charge is 0.432 e. The standard InChI is InChI=1S/C7H9N3O3/c1-2-6(11)8-5-3-4-10(9-5)7(12)13/h3-4H,2H2,1H3,(H,12,13)(H,8,9,11). The zero-order valence-corrected chi connectivity index (χ0v) is 7.02. The van der Waals surface area contributed by atoms with Crippen LogP contribution in [0.5, 0.6) is 0 Å². The summed E-state index contributed by atoms with van der Waals surface area (Å²) in [5.41, 5.74) is 0. The molecule has 0 aliphatic carbocycles. The van der Waals surface area contributed by atoms with Crippen LogP contribution in [0.4, 0.5) is 10.6 Å². The molecule has 0 saturated carbocycles. The molecule has 1 rings (SSSR count). The van der Waals surface area contributed by atoms with Gasteiger partial charge in [0.25, 0.3) is 0 Å². The van der Waals surface area contributed by atoms with Gasteiger partial charge in [-0.05, 0) is 0 Å². The summed E-state index contributed by atoms with van der Waals surface area (Å²) >= 11 is 0. The quantitative estimate of drug-likeness (QED) is 0.708. The molecule has 0 unspecified atom stereocenters. The van der Waals surface area contributed by atoms with Gasteiger partial charge in [-0.2, -0.15) is 4.68 Å². The van der Waals surface area contributed by atoms with Gasteiger partial charge in [0.2, 0.25) is 5.91 Å². The minimum absolute atomic E-state index is 0.198. The fourth-order valence-electron chi connectivity index (χ4n) is 0.728. The van der Waals surface area contributed by atoms with Crippen molar-refractivity contribution >= 4 is 17.8 Å². The van der Waals surface area contributed by atoms with E-state index in [1.807, 2.05) is 0 Å². The Morgan fingerprint density at radius 1 is 1.69 bits per heavy atom. The van der Waals surface area contributed by atoms with Gasteiger partial charge < -0.3 is 10.4 Å². The molecule has 0 spiro atoms. The van der Waals surface area contributed by atoms with Gasteiger partial charge in [-0.3, -0.25) is 4.79 Å². The number of hydrogen-bond acceptors (Lipinski definition) is 3. The fraction of sp³-hybridized carbons (Fsp3) is 0.286. The topological polar surface area (TPSA) is 84.2 Å². The fourth-order valence-corrected chi connectivity index (χ4v) is 0.728. The Morgan fingerprint density at radius 3 is 2.85 bits per heavy atom. The normalized spacial score (nSPS) is 9.62. The Labute approximate surface area is 74.2 Å². The Balaban J connectivity index is 2.69. The highest BCUT2D eigenvalue weighted by atomic mass is 16.4. The number of nitrogens with zero attached hydrogens (tertiary/aromatic N) is 2. The van der Waals surface area contributed by atoms with Crippen LogP contribution in [0.25, 0.3) is 0 Å². The summed E-state index contributed by atoms with van der Waals surface area (Å²) in [6.45, 7) is 1.70. The van der Waals surface area contributed by atoms with E-state index < -0.39 is 6.09 Å². The number of aromatic nitrogens is 2. The van der Waals surface area contributed by atoms with Crippen LogP contribution < -0.4 is 5.32 Å². The summed E-state index contributed by atoms with van der Waals surface area (Å²) in [7, 11) is 0. The van der Waals surface area contributed by atoms with Gasteiger partial charge >= 0.3 is 6.09 Å². The molecule has 70 valence electrons. The zero-order chi connectivity index (χ0) is 9.84. The van der Waals surface area contributed by atoms with E-state index in [4.69, 9.17) is 5.11 Å². The molecule has 0 radical (unpaired) electrons. The molecular weight excluding hydrogens is 174 g/mol. The lowest BCUT2D eigenvalue weighted by atomic mass is 10.4. The first-order valence-electron chi connectivity index (χ1n) is 3.72. The number of carbonyl (C=O) groups excluding carboxylic acids is 1. The van der Waals surface area contributed by atoms with E-state index >= 15 is 0 Å². The molecule has 2 N–H and O–H groups in total. The molecule has 6 heteroatoms. The predicted octanol–water partition coefficient (Wildman–Crippen LogP) is 0.758. The molecule has 13 heavy (non-hydrogen) atoms. The van der Waals surface area contributed by atoms with Crippen LogP contribution in [0, 0.1) is 0 Å². The SMILES string of the molecule is CCC(=O)Nc1ccn(C(=O)O)n1. The minimum atomic E-state index is -1.18. The van der Waals surface area contributed by atoms with Crippen molar-refractivity contribution in [1.29, 1.82) is 0 Å². The lowest BCUT2D eigenvalue weighted by Gasteiger charge is -1.96. The first kappa shape index (κ1) is 9.24. The second-order valence-corrected chi connectivity index (χ2v) is 2.33. The molecule has 1 heterocycles. The number of carbonyl (C=O) groups is 2.